The molecule has 0 spiro atoms. The van der Waals surface area contributed by atoms with E-state index in [2.05, 4.69) is 6.58 Å². The minimum absolute atomic E-state index is 0.0896. The lowest BCUT2D eigenvalue weighted by Gasteiger charge is -2.33. The zero-order valence-electron chi connectivity index (χ0n) is 24.4. The predicted molar refractivity (Wildman–Crippen MR) is 169 cm³/mol. The van der Waals surface area contributed by atoms with Crippen LogP contribution < -0.4 is 5.56 Å². The third-order valence-electron chi connectivity index (χ3n) is 6.81. The molecule has 0 bridgehead atoms. The first-order valence-electron chi connectivity index (χ1n) is 13.9. The number of amides is 1. The Bertz CT molecular complexity index is 1550. The fourth-order valence-corrected chi connectivity index (χ4v) is 4.86. The highest BCUT2D eigenvalue weighted by Gasteiger charge is 2.32. The maximum absolute atomic E-state index is 14.3. The van der Waals surface area contributed by atoms with Crippen LogP contribution in [0.5, 0.6) is 0 Å². The van der Waals surface area contributed by atoms with Crippen LogP contribution >= 0.6 is 11.6 Å². The fourth-order valence-electron chi connectivity index (χ4n) is 4.74. The number of allylic oxidation sites excluding steroid dienone is 2. The summed E-state index contributed by atoms with van der Waals surface area (Å²) in [5, 5.41) is 1.04. The van der Waals surface area contributed by atoms with Gasteiger partial charge >= 0.3 is 0 Å². The maximum atomic E-state index is 14.3. The molecule has 0 radical (unpaired) electrons. The number of carbonyl (C=O) groups excluding carboxylic acids is 1. The molecular weight excluding hydrogens is 534 g/mol. The zero-order valence-corrected chi connectivity index (χ0v) is 25.1. The van der Waals surface area contributed by atoms with E-state index in [-0.39, 0.29) is 23.9 Å². The van der Waals surface area contributed by atoms with Gasteiger partial charge in [-0.25, -0.2) is 4.98 Å². The van der Waals surface area contributed by atoms with Gasteiger partial charge in [-0.1, -0.05) is 87.5 Å². The quantitative estimate of drug-likeness (QED) is 0.143. The van der Waals surface area contributed by atoms with Crippen molar-refractivity contribution < 1.29 is 9.53 Å². The van der Waals surface area contributed by atoms with E-state index in [9.17, 15) is 9.59 Å². The minimum Gasteiger partial charge on any atom is -0.499 e. The first-order valence-corrected chi connectivity index (χ1v) is 14.3. The molecule has 4 rings (SSSR count). The molecule has 214 valence electrons. The molecule has 0 saturated carbocycles. The lowest BCUT2D eigenvalue weighted by molar-refractivity contribution is -0.135. The minimum atomic E-state index is -0.591. The van der Waals surface area contributed by atoms with Crippen LogP contribution in [0.3, 0.4) is 0 Å². The second kappa shape index (κ2) is 15.0. The Hall–Kier alpha value is -4.16. The lowest BCUT2D eigenvalue weighted by Crippen LogP contribution is -2.41. The summed E-state index contributed by atoms with van der Waals surface area (Å²) in [6.45, 7) is 11.8. The Morgan fingerprint density at radius 3 is 2.29 bits per heavy atom. The molecule has 4 aromatic rings. The zero-order chi connectivity index (χ0) is 29.9. The average Bonchev–Trinajstić information content (AvgIpc) is 3.01. The number of halogens is 1. The van der Waals surface area contributed by atoms with E-state index in [0.717, 1.165) is 5.56 Å². The van der Waals surface area contributed by atoms with Gasteiger partial charge in [0.2, 0.25) is 5.91 Å². The van der Waals surface area contributed by atoms with Crippen molar-refractivity contribution in [3.8, 4) is 5.69 Å². The largest absolute Gasteiger partial charge is 0.499 e. The Morgan fingerprint density at radius 1 is 1.05 bits per heavy atom. The van der Waals surface area contributed by atoms with Crippen LogP contribution in [0.4, 0.5) is 0 Å². The Kier molecular flexibility index (Phi) is 11.5. The van der Waals surface area contributed by atoms with E-state index in [4.69, 9.17) is 21.3 Å². The molecule has 0 aliphatic rings. The van der Waals surface area contributed by atoms with Crippen LogP contribution in [0.25, 0.3) is 16.6 Å². The summed E-state index contributed by atoms with van der Waals surface area (Å²) in [4.78, 5) is 34.8. The third kappa shape index (κ3) is 7.14. The summed E-state index contributed by atoms with van der Waals surface area (Å²) in [6, 6.07) is 23.4. The summed E-state index contributed by atoms with van der Waals surface area (Å²) in [6.07, 6.45) is 3.96. The number of para-hydroxylation sites is 1. The second-order valence-corrected chi connectivity index (χ2v) is 9.63. The first kappa shape index (κ1) is 31.4. The van der Waals surface area contributed by atoms with Crippen molar-refractivity contribution in [2.24, 2.45) is 0 Å². The summed E-state index contributed by atoms with van der Waals surface area (Å²) < 4.78 is 7.16. The van der Waals surface area contributed by atoms with E-state index in [1.54, 1.807) is 59.1 Å². The highest BCUT2D eigenvalue weighted by molar-refractivity contribution is 6.30. The van der Waals surface area contributed by atoms with E-state index in [0.29, 0.717) is 39.6 Å². The number of nitrogens with zero attached hydrogens (tertiary/aromatic N) is 3. The number of methoxy groups -OCH3 is 1. The molecule has 1 aromatic heterocycles. The molecule has 0 aliphatic carbocycles. The first-order chi connectivity index (χ1) is 19.9. The number of rotatable bonds is 10. The van der Waals surface area contributed by atoms with Gasteiger partial charge in [-0.3, -0.25) is 14.2 Å². The molecular formula is C34H38ClN3O3. The molecule has 3 aromatic carbocycles. The van der Waals surface area contributed by atoms with E-state index >= 15 is 0 Å². The Labute approximate surface area is 247 Å². The van der Waals surface area contributed by atoms with Crippen molar-refractivity contribution in [1.29, 1.82) is 0 Å². The van der Waals surface area contributed by atoms with Crippen LogP contribution in [0.1, 0.15) is 57.5 Å². The molecule has 1 heterocycles. The number of fused-ring (bicyclic) bond motifs is 1. The third-order valence-corrected chi connectivity index (χ3v) is 7.06. The van der Waals surface area contributed by atoms with Gasteiger partial charge < -0.3 is 9.64 Å². The fraction of sp³-hybridized carbons (Fsp3) is 0.265. The van der Waals surface area contributed by atoms with Crippen molar-refractivity contribution in [3.05, 3.63) is 130 Å². The lowest BCUT2D eigenvalue weighted by atomic mass is 9.94. The van der Waals surface area contributed by atoms with Crippen molar-refractivity contribution in [3.63, 3.8) is 0 Å². The summed E-state index contributed by atoms with van der Waals surface area (Å²) in [5.74, 6) is 0.528. The molecule has 0 fully saturated rings. The number of aromatic nitrogens is 2. The number of ether oxygens (including phenoxy) is 1. The molecule has 0 saturated heterocycles. The number of hydrogen-bond acceptors (Lipinski definition) is 4. The maximum Gasteiger partial charge on any atom is 0.266 e. The van der Waals surface area contributed by atoms with Crippen LogP contribution in [0.2, 0.25) is 5.02 Å². The summed E-state index contributed by atoms with van der Waals surface area (Å²) in [7, 11) is 1.56. The number of hydrogen-bond donors (Lipinski definition) is 0. The van der Waals surface area contributed by atoms with Gasteiger partial charge in [-0.2, -0.15) is 0 Å². The van der Waals surface area contributed by atoms with Gasteiger partial charge in [-0.05, 0) is 61.4 Å². The van der Waals surface area contributed by atoms with Gasteiger partial charge in [0, 0.05) is 5.02 Å². The molecule has 2 unspecified atom stereocenters. The molecule has 2 atom stereocenters. The summed E-state index contributed by atoms with van der Waals surface area (Å²) in [5.41, 5.74) is 1.88. The van der Waals surface area contributed by atoms with Crippen molar-refractivity contribution in [2.45, 2.75) is 46.1 Å². The van der Waals surface area contributed by atoms with Crippen molar-refractivity contribution in [2.75, 3.05) is 13.7 Å². The predicted octanol–water partition coefficient (Wildman–Crippen LogP) is 7.87. The van der Waals surface area contributed by atoms with Crippen molar-refractivity contribution >= 4 is 28.4 Å². The molecule has 0 N–H and O–H groups in total. The monoisotopic (exact) mass is 571 g/mol. The van der Waals surface area contributed by atoms with Crippen LogP contribution in [-0.4, -0.2) is 34.0 Å². The van der Waals surface area contributed by atoms with Crippen LogP contribution in [0, 0.1) is 0 Å². The molecule has 1 amide bonds. The normalized spacial score (nSPS) is 12.6. The van der Waals surface area contributed by atoms with Gasteiger partial charge in [-0.15, -0.1) is 0 Å². The second-order valence-electron chi connectivity index (χ2n) is 9.19. The standard InChI is InChI=1S/C32H32ClN3O3.C2H6/c1-5-12-26(39-4)21-35(31(37)27(6-2)23-13-8-7-9-14-23)22(3)30-34-29-16-11-10-15-28(29)32(38)36(30)25-19-17-24(33)18-20-25;1-2/h5,7-20,22,27H,1,6,21H2,2-4H3;1-2H3/b26-12-;. The molecule has 7 heteroatoms. The molecule has 0 aliphatic heterocycles. The smallest absolute Gasteiger partial charge is 0.266 e. The highest BCUT2D eigenvalue weighted by Crippen LogP contribution is 2.30. The number of carbonyl (C=O) groups is 1. The summed E-state index contributed by atoms with van der Waals surface area (Å²) >= 11 is 6.16. The number of benzene rings is 3. The average molecular weight is 572 g/mol. The van der Waals surface area contributed by atoms with E-state index in [1.165, 1.54) is 0 Å². The van der Waals surface area contributed by atoms with E-state index in [1.807, 2.05) is 76.2 Å². The van der Waals surface area contributed by atoms with Crippen LogP contribution in [0.15, 0.2) is 108 Å². The Morgan fingerprint density at radius 2 is 1.68 bits per heavy atom. The molecule has 41 heavy (non-hydrogen) atoms. The van der Waals surface area contributed by atoms with Gasteiger partial charge in [0.15, 0.2) is 0 Å². The highest BCUT2D eigenvalue weighted by atomic mass is 35.5. The van der Waals surface area contributed by atoms with Gasteiger partial charge in [0.25, 0.3) is 5.56 Å². The topological polar surface area (TPSA) is 64.4 Å². The van der Waals surface area contributed by atoms with Crippen molar-refractivity contribution in [1.82, 2.24) is 14.5 Å². The van der Waals surface area contributed by atoms with Gasteiger partial charge in [0.1, 0.15) is 11.6 Å². The van der Waals surface area contributed by atoms with E-state index < -0.39 is 6.04 Å². The SMILES string of the molecule is C=C/C=C(/CN(C(=O)C(CC)c1ccccc1)C(C)c1nc2ccccc2c(=O)n1-c1ccc(Cl)cc1)OC.CC. The van der Waals surface area contributed by atoms with Crippen LogP contribution in [-0.2, 0) is 9.53 Å². The van der Waals surface area contributed by atoms with Gasteiger partial charge in [0.05, 0.1) is 42.2 Å². The molecule has 6 nitrogen and oxygen atoms in total. The Balaban J connectivity index is 0.00000226.